The van der Waals surface area contributed by atoms with Crippen molar-refractivity contribution in [2.45, 2.75) is 6.92 Å². The molecule has 0 bridgehead atoms. The first-order chi connectivity index (χ1) is 15.5. The summed E-state index contributed by atoms with van der Waals surface area (Å²) in [5.74, 6) is -0.510. The first-order valence-corrected chi connectivity index (χ1v) is 11.8. The molecule has 1 aliphatic heterocycles. The lowest BCUT2D eigenvalue weighted by molar-refractivity contribution is 0.101. The Morgan fingerprint density at radius 1 is 0.938 bits per heavy atom. The van der Waals surface area contributed by atoms with Gasteiger partial charge < -0.3 is 20.4 Å². The molecule has 0 saturated carbocycles. The lowest BCUT2D eigenvalue weighted by Crippen LogP contribution is -2.46. The maximum atomic E-state index is 13.0. The second-order valence-corrected chi connectivity index (χ2v) is 8.87. The lowest BCUT2D eigenvalue weighted by Gasteiger charge is -2.36. The van der Waals surface area contributed by atoms with Gasteiger partial charge in [0.15, 0.2) is 0 Å². The number of hydrogen-bond acceptors (Lipinski definition) is 5. The molecular formula is C24H25ClN4O2S. The number of benzene rings is 2. The Morgan fingerprint density at radius 3 is 2.41 bits per heavy atom. The highest BCUT2D eigenvalue weighted by Gasteiger charge is 2.19. The Bertz CT molecular complexity index is 1100. The van der Waals surface area contributed by atoms with Crippen LogP contribution >= 0.6 is 22.9 Å². The van der Waals surface area contributed by atoms with Gasteiger partial charge >= 0.3 is 0 Å². The van der Waals surface area contributed by atoms with E-state index < -0.39 is 0 Å². The Balaban J connectivity index is 1.49. The second kappa shape index (κ2) is 10.2. The number of likely N-dealkylation sites (N-methyl/N-ethyl adjacent to an activating group) is 1. The third kappa shape index (κ3) is 5.12. The normalized spacial score (nSPS) is 14.2. The molecule has 1 saturated heterocycles. The minimum atomic E-state index is -0.257. The molecule has 2 heterocycles. The van der Waals surface area contributed by atoms with E-state index in [1.807, 2.05) is 35.7 Å². The van der Waals surface area contributed by atoms with Crippen LogP contribution in [0.1, 0.15) is 27.0 Å². The maximum absolute atomic E-state index is 13.0. The van der Waals surface area contributed by atoms with Gasteiger partial charge in [-0.2, -0.15) is 0 Å². The van der Waals surface area contributed by atoms with Gasteiger partial charge in [-0.05, 0) is 48.3 Å². The number of halogens is 1. The van der Waals surface area contributed by atoms with E-state index in [1.54, 1.807) is 24.3 Å². The molecule has 0 radical (unpaired) electrons. The SMILES string of the molecule is CCN1CCN(c2ccccc2NC(=O)c2ccc(Cl)c(NC(=O)c3cccs3)c2)CC1. The number of hydrogen-bond donors (Lipinski definition) is 2. The van der Waals surface area contributed by atoms with Gasteiger partial charge in [-0.15, -0.1) is 11.3 Å². The van der Waals surface area contributed by atoms with E-state index in [1.165, 1.54) is 11.3 Å². The molecule has 3 aromatic rings. The molecule has 8 heteroatoms. The lowest BCUT2D eigenvalue weighted by atomic mass is 10.1. The molecular weight excluding hydrogens is 444 g/mol. The van der Waals surface area contributed by atoms with Gasteiger partial charge in [-0.3, -0.25) is 9.59 Å². The van der Waals surface area contributed by atoms with Crippen molar-refractivity contribution in [1.29, 1.82) is 0 Å². The summed E-state index contributed by atoms with van der Waals surface area (Å²) in [4.78, 5) is 30.7. The summed E-state index contributed by atoms with van der Waals surface area (Å²) < 4.78 is 0. The number of thiophene rings is 1. The summed E-state index contributed by atoms with van der Waals surface area (Å²) in [7, 11) is 0. The van der Waals surface area contributed by atoms with E-state index in [0.717, 1.165) is 44.1 Å². The van der Waals surface area contributed by atoms with E-state index in [2.05, 4.69) is 27.4 Å². The summed E-state index contributed by atoms with van der Waals surface area (Å²) in [6.45, 7) is 7.06. The summed E-state index contributed by atoms with van der Waals surface area (Å²) in [6, 6.07) is 16.3. The molecule has 1 aromatic heterocycles. The number of amides is 2. The van der Waals surface area contributed by atoms with Gasteiger partial charge in [0.1, 0.15) is 0 Å². The van der Waals surface area contributed by atoms with Gasteiger partial charge in [-0.1, -0.05) is 36.7 Å². The van der Waals surface area contributed by atoms with Gasteiger partial charge in [0.2, 0.25) is 0 Å². The van der Waals surface area contributed by atoms with Gasteiger partial charge in [0.05, 0.1) is 27.0 Å². The molecule has 2 amide bonds. The van der Waals surface area contributed by atoms with Crippen LogP contribution in [-0.2, 0) is 0 Å². The Kier molecular flexibility index (Phi) is 7.09. The number of para-hydroxylation sites is 2. The molecule has 4 rings (SSSR count). The molecule has 0 atom stereocenters. The van der Waals surface area contributed by atoms with Crippen LogP contribution in [0.25, 0.3) is 0 Å². The smallest absolute Gasteiger partial charge is 0.265 e. The maximum Gasteiger partial charge on any atom is 0.265 e. The van der Waals surface area contributed by atoms with Crippen molar-refractivity contribution in [2.75, 3.05) is 48.3 Å². The minimum absolute atomic E-state index is 0.254. The predicted molar refractivity (Wildman–Crippen MR) is 132 cm³/mol. The minimum Gasteiger partial charge on any atom is -0.367 e. The number of carbonyl (C=O) groups excluding carboxylic acids is 2. The summed E-state index contributed by atoms with van der Waals surface area (Å²) in [6.07, 6.45) is 0. The zero-order valence-electron chi connectivity index (χ0n) is 17.8. The molecule has 2 aromatic carbocycles. The van der Waals surface area contributed by atoms with E-state index in [9.17, 15) is 9.59 Å². The Morgan fingerprint density at radius 2 is 1.69 bits per heavy atom. The molecule has 166 valence electrons. The zero-order chi connectivity index (χ0) is 22.5. The summed E-state index contributed by atoms with van der Waals surface area (Å²) in [5, 5.41) is 8.03. The molecule has 6 nitrogen and oxygen atoms in total. The van der Waals surface area contributed by atoms with Crippen LogP contribution in [0.15, 0.2) is 60.0 Å². The molecule has 32 heavy (non-hydrogen) atoms. The van der Waals surface area contributed by atoms with E-state index in [4.69, 9.17) is 11.6 Å². The van der Waals surface area contributed by atoms with Crippen molar-refractivity contribution in [2.24, 2.45) is 0 Å². The molecule has 1 fully saturated rings. The van der Waals surface area contributed by atoms with Crippen LogP contribution in [0.4, 0.5) is 17.1 Å². The van der Waals surface area contributed by atoms with Crippen molar-refractivity contribution in [1.82, 2.24) is 4.90 Å². The first kappa shape index (κ1) is 22.3. The van der Waals surface area contributed by atoms with Crippen molar-refractivity contribution in [3.8, 4) is 0 Å². The quantitative estimate of drug-likeness (QED) is 0.531. The third-order valence-corrected chi connectivity index (χ3v) is 6.73. The number of anilines is 3. The number of carbonyl (C=O) groups is 2. The van der Waals surface area contributed by atoms with Gasteiger partial charge in [0, 0.05) is 31.7 Å². The number of rotatable bonds is 6. The van der Waals surface area contributed by atoms with Crippen LogP contribution < -0.4 is 15.5 Å². The fourth-order valence-electron chi connectivity index (χ4n) is 3.71. The van der Waals surface area contributed by atoms with Crippen LogP contribution in [0.2, 0.25) is 5.02 Å². The van der Waals surface area contributed by atoms with Crippen LogP contribution in [0, 0.1) is 0 Å². The van der Waals surface area contributed by atoms with Gasteiger partial charge in [-0.25, -0.2) is 0 Å². The largest absolute Gasteiger partial charge is 0.367 e. The van der Waals surface area contributed by atoms with Crippen molar-refractivity contribution < 1.29 is 9.59 Å². The monoisotopic (exact) mass is 468 g/mol. The molecule has 0 spiro atoms. The molecule has 1 aliphatic rings. The standard InChI is InChI=1S/C24H25ClN4O2S/c1-2-28-11-13-29(14-12-28)21-7-4-3-6-19(21)26-23(30)17-9-10-18(25)20(16-17)27-24(31)22-8-5-15-32-22/h3-10,15-16H,2,11-14H2,1H3,(H,26,30)(H,27,31). The molecule has 0 aliphatic carbocycles. The number of nitrogens with zero attached hydrogens (tertiary/aromatic N) is 2. The topological polar surface area (TPSA) is 64.7 Å². The van der Waals surface area contributed by atoms with Crippen LogP contribution in [-0.4, -0.2) is 49.4 Å². The second-order valence-electron chi connectivity index (χ2n) is 7.52. The van der Waals surface area contributed by atoms with Crippen LogP contribution in [0.3, 0.4) is 0 Å². The Labute approximate surface area is 196 Å². The average Bonchev–Trinajstić information content (AvgIpc) is 3.36. The van der Waals surface area contributed by atoms with E-state index in [-0.39, 0.29) is 11.8 Å². The summed E-state index contributed by atoms with van der Waals surface area (Å²) in [5.41, 5.74) is 2.60. The highest BCUT2D eigenvalue weighted by molar-refractivity contribution is 7.12. The molecule has 0 unspecified atom stereocenters. The molecule has 2 N–H and O–H groups in total. The number of piperazine rings is 1. The van der Waals surface area contributed by atoms with E-state index >= 15 is 0 Å². The number of nitrogens with one attached hydrogen (secondary N) is 2. The van der Waals surface area contributed by atoms with Crippen molar-refractivity contribution in [3.63, 3.8) is 0 Å². The fraction of sp³-hybridized carbons (Fsp3) is 0.250. The van der Waals surface area contributed by atoms with Crippen molar-refractivity contribution in [3.05, 3.63) is 75.4 Å². The highest BCUT2D eigenvalue weighted by atomic mass is 35.5. The fourth-order valence-corrected chi connectivity index (χ4v) is 4.49. The highest BCUT2D eigenvalue weighted by Crippen LogP contribution is 2.29. The van der Waals surface area contributed by atoms with E-state index in [0.29, 0.717) is 21.2 Å². The average molecular weight is 469 g/mol. The first-order valence-electron chi connectivity index (χ1n) is 10.6. The van der Waals surface area contributed by atoms with Gasteiger partial charge in [0.25, 0.3) is 11.8 Å². The predicted octanol–water partition coefficient (Wildman–Crippen LogP) is 5.05. The Hall–Kier alpha value is -2.87. The zero-order valence-corrected chi connectivity index (χ0v) is 19.4. The summed E-state index contributed by atoms with van der Waals surface area (Å²) >= 11 is 7.61. The third-order valence-electron chi connectivity index (χ3n) is 5.53. The van der Waals surface area contributed by atoms with Crippen molar-refractivity contribution >= 4 is 51.8 Å². The van der Waals surface area contributed by atoms with Crippen LogP contribution in [0.5, 0.6) is 0 Å².